The number of hydrogen-bond acceptors (Lipinski definition) is 5. The van der Waals surface area contributed by atoms with E-state index >= 15 is 0 Å². The fraction of sp³-hybridized carbons (Fsp3) is 0.107. The lowest BCUT2D eigenvalue weighted by Crippen LogP contribution is -2.20. The molecule has 1 aromatic heterocycles. The summed E-state index contributed by atoms with van der Waals surface area (Å²) in [5, 5.41) is 7.22. The highest BCUT2D eigenvalue weighted by atomic mass is 79.9. The van der Waals surface area contributed by atoms with Gasteiger partial charge in [-0.25, -0.2) is 4.98 Å². The molecular formula is C28H20Br3N3O3. The quantitative estimate of drug-likeness (QED) is 0.173. The molecule has 4 aromatic carbocycles. The number of benzene rings is 4. The van der Waals surface area contributed by atoms with Crippen LogP contribution in [0.25, 0.3) is 21.7 Å². The molecule has 9 heteroatoms. The number of aromatic nitrogens is 2. The maximum atomic E-state index is 13.1. The van der Waals surface area contributed by atoms with E-state index in [2.05, 4.69) is 82.1 Å². The maximum Gasteiger partial charge on any atom is 0.282 e. The first-order valence-electron chi connectivity index (χ1n) is 11.3. The predicted octanol–water partition coefficient (Wildman–Crippen LogP) is 7.62. The van der Waals surface area contributed by atoms with E-state index in [0.717, 1.165) is 20.8 Å². The van der Waals surface area contributed by atoms with Crippen molar-refractivity contribution in [2.24, 2.45) is 5.10 Å². The van der Waals surface area contributed by atoms with Crippen LogP contribution < -0.4 is 15.0 Å². The first kappa shape index (κ1) is 25.6. The number of methoxy groups -OCH3 is 1. The van der Waals surface area contributed by atoms with Crippen LogP contribution in [0, 0.1) is 6.92 Å². The molecule has 0 fully saturated rings. The zero-order valence-corrected chi connectivity index (χ0v) is 24.6. The molecule has 0 radical (unpaired) electrons. The van der Waals surface area contributed by atoms with Crippen LogP contribution in [0.3, 0.4) is 0 Å². The lowest BCUT2D eigenvalue weighted by Gasteiger charge is -2.16. The van der Waals surface area contributed by atoms with E-state index in [1.165, 1.54) is 4.68 Å². The minimum Gasteiger partial charge on any atom is -0.493 e. The molecule has 0 spiro atoms. The number of halogens is 3. The molecule has 37 heavy (non-hydrogen) atoms. The minimum absolute atomic E-state index is 0.253. The molecule has 1 heterocycles. The molecule has 0 bridgehead atoms. The number of fused-ring (bicyclic) bond motifs is 2. The molecular weight excluding hydrogens is 666 g/mol. The lowest BCUT2D eigenvalue weighted by molar-refractivity contribution is 0.283. The van der Waals surface area contributed by atoms with Gasteiger partial charge in [0.05, 0.1) is 28.7 Å². The summed E-state index contributed by atoms with van der Waals surface area (Å²) in [6.45, 7) is 2.11. The van der Waals surface area contributed by atoms with Gasteiger partial charge in [-0.2, -0.15) is 9.78 Å². The number of aryl methyl sites for hydroxylation is 1. The highest BCUT2D eigenvalue weighted by molar-refractivity contribution is 9.13. The predicted molar refractivity (Wildman–Crippen MR) is 158 cm³/mol. The Labute approximate surface area is 238 Å². The largest absolute Gasteiger partial charge is 0.493 e. The Kier molecular flexibility index (Phi) is 7.46. The van der Waals surface area contributed by atoms with Crippen molar-refractivity contribution in [3.05, 3.63) is 107 Å². The van der Waals surface area contributed by atoms with Crippen molar-refractivity contribution < 1.29 is 9.47 Å². The molecule has 0 amide bonds. The summed E-state index contributed by atoms with van der Waals surface area (Å²) in [4.78, 5) is 17.6. The van der Waals surface area contributed by atoms with Crippen LogP contribution in [0.4, 0.5) is 0 Å². The first-order valence-corrected chi connectivity index (χ1v) is 13.6. The minimum atomic E-state index is -0.253. The molecule has 6 nitrogen and oxygen atoms in total. The van der Waals surface area contributed by atoms with Crippen LogP contribution in [0.5, 0.6) is 11.5 Å². The van der Waals surface area contributed by atoms with Crippen molar-refractivity contribution in [3.8, 4) is 11.5 Å². The van der Waals surface area contributed by atoms with E-state index < -0.39 is 0 Å². The van der Waals surface area contributed by atoms with Crippen molar-refractivity contribution in [2.45, 2.75) is 13.5 Å². The maximum absolute atomic E-state index is 13.1. The van der Waals surface area contributed by atoms with Gasteiger partial charge in [0.15, 0.2) is 11.5 Å². The van der Waals surface area contributed by atoms with Gasteiger partial charge >= 0.3 is 0 Å². The van der Waals surface area contributed by atoms with Gasteiger partial charge in [0.1, 0.15) is 12.4 Å². The highest BCUT2D eigenvalue weighted by Gasteiger charge is 2.17. The second kappa shape index (κ2) is 10.8. The second-order valence-electron chi connectivity index (χ2n) is 8.23. The fourth-order valence-electron chi connectivity index (χ4n) is 4.07. The van der Waals surface area contributed by atoms with Crippen molar-refractivity contribution in [1.82, 2.24) is 9.66 Å². The standard InChI is InChI=1S/C28H20Br3N3O3/c1-16-33-23-11-10-20(29)13-22(23)28(35)34(16)32-14-19-12-24(36-2)27(26(31)25(19)30)37-15-18-8-5-7-17-6-3-4-9-21(17)18/h3-14H,15H2,1-2H3. The Balaban J connectivity index is 1.49. The van der Waals surface area contributed by atoms with Gasteiger partial charge in [-0.1, -0.05) is 58.4 Å². The van der Waals surface area contributed by atoms with Gasteiger partial charge in [-0.15, -0.1) is 0 Å². The summed E-state index contributed by atoms with van der Waals surface area (Å²) in [5.74, 6) is 1.57. The monoisotopic (exact) mass is 683 g/mol. The van der Waals surface area contributed by atoms with Crippen molar-refractivity contribution in [3.63, 3.8) is 0 Å². The van der Waals surface area contributed by atoms with Crippen LogP contribution in [-0.2, 0) is 6.61 Å². The molecule has 0 N–H and O–H groups in total. The summed E-state index contributed by atoms with van der Waals surface area (Å²) in [7, 11) is 1.58. The Morgan fingerprint density at radius 3 is 2.57 bits per heavy atom. The van der Waals surface area contributed by atoms with E-state index in [4.69, 9.17) is 9.47 Å². The SMILES string of the molecule is COc1cc(C=Nn2c(C)nc3ccc(Br)cc3c2=O)c(Br)c(Br)c1OCc1cccc2ccccc12. The Bertz CT molecular complexity index is 1740. The van der Waals surface area contributed by atoms with E-state index in [9.17, 15) is 4.79 Å². The molecule has 0 atom stereocenters. The van der Waals surface area contributed by atoms with E-state index in [1.807, 2.05) is 30.3 Å². The van der Waals surface area contributed by atoms with E-state index in [1.54, 1.807) is 32.4 Å². The molecule has 186 valence electrons. The summed E-state index contributed by atoms with van der Waals surface area (Å²) < 4.78 is 15.4. The molecule has 0 aliphatic carbocycles. The zero-order valence-electron chi connectivity index (χ0n) is 19.8. The van der Waals surface area contributed by atoms with E-state index in [-0.39, 0.29) is 5.56 Å². The third kappa shape index (κ3) is 5.08. The van der Waals surface area contributed by atoms with Gasteiger partial charge in [0.2, 0.25) is 0 Å². The second-order valence-corrected chi connectivity index (χ2v) is 10.7. The third-order valence-electron chi connectivity index (χ3n) is 5.91. The third-order valence-corrected chi connectivity index (χ3v) is 8.55. The average molecular weight is 686 g/mol. The Morgan fingerprint density at radius 2 is 1.76 bits per heavy atom. The molecule has 5 aromatic rings. The summed E-state index contributed by atoms with van der Waals surface area (Å²) in [6.07, 6.45) is 1.59. The number of ether oxygens (including phenoxy) is 2. The summed E-state index contributed by atoms with van der Waals surface area (Å²) in [6, 6.07) is 21.6. The number of rotatable bonds is 6. The highest BCUT2D eigenvalue weighted by Crippen LogP contribution is 2.43. The summed E-state index contributed by atoms with van der Waals surface area (Å²) in [5.41, 5.74) is 2.13. The molecule has 0 unspecified atom stereocenters. The lowest BCUT2D eigenvalue weighted by atomic mass is 10.1. The van der Waals surface area contributed by atoms with Gasteiger partial charge in [-0.05, 0) is 79.4 Å². The normalized spacial score (nSPS) is 11.5. The van der Waals surface area contributed by atoms with Gasteiger partial charge in [0.25, 0.3) is 5.56 Å². The summed E-state index contributed by atoms with van der Waals surface area (Å²) >= 11 is 10.7. The number of hydrogen-bond donors (Lipinski definition) is 0. The van der Waals surface area contributed by atoms with E-state index in [0.29, 0.717) is 49.3 Å². The Morgan fingerprint density at radius 1 is 0.973 bits per heavy atom. The Hall–Kier alpha value is -3.01. The van der Waals surface area contributed by atoms with Gasteiger partial charge in [0, 0.05) is 14.5 Å². The van der Waals surface area contributed by atoms with Crippen LogP contribution in [0.2, 0.25) is 0 Å². The smallest absolute Gasteiger partial charge is 0.282 e. The zero-order chi connectivity index (χ0) is 26.1. The van der Waals surface area contributed by atoms with Gasteiger partial charge in [-0.3, -0.25) is 4.79 Å². The molecule has 0 aliphatic heterocycles. The van der Waals surface area contributed by atoms with Gasteiger partial charge < -0.3 is 9.47 Å². The average Bonchev–Trinajstić information content (AvgIpc) is 2.90. The first-order chi connectivity index (χ1) is 17.9. The van der Waals surface area contributed by atoms with Crippen molar-refractivity contribution >= 4 is 75.7 Å². The van der Waals surface area contributed by atoms with Crippen molar-refractivity contribution in [2.75, 3.05) is 7.11 Å². The molecule has 0 aliphatic rings. The number of nitrogens with zero attached hydrogens (tertiary/aromatic N) is 3. The van der Waals surface area contributed by atoms with Crippen LogP contribution >= 0.6 is 47.8 Å². The molecule has 0 saturated heterocycles. The molecule has 0 saturated carbocycles. The topological polar surface area (TPSA) is 65.7 Å². The van der Waals surface area contributed by atoms with Crippen LogP contribution in [0.15, 0.2) is 90.0 Å². The molecule has 5 rings (SSSR count). The fourth-order valence-corrected chi connectivity index (χ4v) is 5.37. The van der Waals surface area contributed by atoms with Crippen molar-refractivity contribution in [1.29, 1.82) is 0 Å². The van der Waals surface area contributed by atoms with Crippen LogP contribution in [0.1, 0.15) is 17.0 Å². The van der Waals surface area contributed by atoms with Crippen LogP contribution in [-0.4, -0.2) is 23.0 Å².